The molecule has 2 nitrogen and oxygen atoms in total. The minimum absolute atomic E-state index is 0.601. The summed E-state index contributed by atoms with van der Waals surface area (Å²) < 4.78 is 6.40. The second-order valence-electron chi connectivity index (χ2n) is 3.94. The number of rotatable bonds is 4. The highest BCUT2D eigenvalue weighted by atomic mass is 79.9. The normalized spacial score (nSPS) is 12.2. The van der Waals surface area contributed by atoms with Gasteiger partial charge >= 0.3 is 0 Å². The zero-order chi connectivity index (χ0) is 13.0. The van der Waals surface area contributed by atoms with Gasteiger partial charge in [0.1, 0.15) is 11.9 Å². The van der Waals surface area contributed by atoms with E-state index in [1.54, 1.807) is 0 Å². The molecule has 0 fully saturated rings. The van der Waals surface area contributed by atoms with Crippen LogP contribution < -0.4 is 4.74 Å². The fourth-order valence-corrected chi connectivity index (χ4v) is 2.15. The molecule has 0 saturated heterocycles. The van der Waals surface area contributed by atoms with Crippen LogP contribution in [0.25, 0.3) is 0 Å². The van der Waals surface area contributed by atoms with Gasteiger partial charge in [-0.2, -0.15) is 0 Å². The largest absolute Gasteiger partial charge is 0.493 e. The Balaban J connectivity index is 2.31. The molecule has 0 radical (unpaired) electrons. The first kappa shape index (κ1) is 13.1. The van der Waals surface area contributed by atoms with Crippen LogP contribution in [-0.2, 0) is 0 Å². The highest BCUT2D eigenvalue weighted by Crippen LogP contribution is 2.30. The number of benzene rings is 2. The topological polar surface area (TPSA) is 29.5 Å². The van der Waals surface area contributed by atoms with Gasteiger partial charge < -0.3 is 9.84 Å². The fourth-order valence-electron chi connectivity index (χ4n) is 1.78. The molecule has 0 saturated carbocycles. The van der Waals surface area contributed by atoms with Crippen LogP contribution in [0.2, 0.25) is 0 Å². The molecule has 1 N–H and O–H groups in total. The maximum absolute atomic E-state index is 10.3. The third-order valence-electron chi connectivity index (χ3n) is 2.69. The van der Waals surface area contributed by atoms with E-state index in [2.05, 4.69) is 15.9 Å². The van der Waals surface area contributed by atoms with Gasteiger partial charge in [-0.3, -0.25) is 0 Å². The molecule has 0 aliphatic rings. The molecule has 0 spiro atoms. The summed E-state index contributed by atoms with van der Waals surface area (Å²) in [5.41, 5.74) is 1.70. The summed E-state index contributed by atoms with van der Waals surface area (Å²) in [4.78, 5) is 0. The molecule has 2 rings (SSSR count). The van der Waals surface area contributed by atoms with Crippen molar-refractivity contribution in [1.82, 2.24) is 0 Å². The SMILES string of the molecule is CCOc1cc(C(O)c2ccccc2)ccc1Br. The van der Waals surface area contributed by atoms with Gasteiger partial charge in [0.05, 0.1) is 11.1 Å². The minimum atomic E-state index is -0.626. The Morgan fingerprint density at radius 3 is 2.50 bits per heavy atom. The lowest BCUT2D eigenvalue weighted by Gasteiger charge is -2.14. The van der Waals surface area contributed by atoms with Crippen molar-refractivity contribution in [3.63, 3.8) is 0 Å². The van der Waals surface area contributed by atoms with Gasteiger partial charge in [0.2, 0.25) is 0 Å². The second-order valence-corrected chi connectivity index (χ2v) is 4.79. The summed E-state index contributed by atoms with van der Waals surface area (Å²) in [6.07, 6.45) is -0.626. The van der Waals surface area contributed by atoms with E-state index in [1.807, 2.05) is 55.5 Å². The summed E-state index contributed by atoms with van der Waals surface area (Å²) in [6.45, 7) is 2.54. The van der Waals surface area contributed by atoms with Gasteiger partial charge in [0.25, 0.3) is 0 Å². The number of hydrogen-bond donors (Lipinski definition) is 1. The van der Waals surface area contributed by atoms with Crippen molar-refractivity contribution >= 4 is 15.9 Å². The lowest BCUT2D eigenvalue weighted by Crippen LogP contribution is -2.01. The Morgan fingerprint density at radius 2 is 1.83 bits per heavy atom. The molecular formula is C15H15BrO2. The van der Waals surface area contributed by atoms with E-state index >= 15 is 0 Å². The average Bonchev–Trinajstić information content (AvgIpc) is 2.42. The van der Waals surface area contributed by atoms with Crippen LogP contribution in [0.1, 0.15) is 24.2 Å². The maximum atomic E-state index is 10.3. The number of hydrogen-bond acceptors (Lipinski definition) is 2. The molecule has 0 bridgehead atoms. The van der Waals surface area contributed by atoms with Crippen LogP contribution >= 0.6 is 15.9 Å². The van der Waals surface area contributed by atoms with Crippen molar-refractivity contribution in [3.8, 4) is 5.75 Å². The molecule has 0 aromatic heterocycles. The molecule has 0 amide bonds. The molecule has 1 unspecified atom stereocenters. The van der Waals surface area contributed by atoms with Crippen LogP contribution in [0.15, 0.2) is 53.0 Å². The summed E-state index contributed by atoms with van der Waals surface area (Å²) in [7, 11) is 0. The molecule has 0 heterocycles. The Morgan fingerprint density at radius 1 is 1.11 bits per heavy atom. The van der Waals surface area contributed by atoms with Crippen LogP contribution in [0, 0.1) is 0 Å². The summed E-state index contributed by atoms with van der Waals surface area (Å²) >= 11 is 3.43. The zero-order valence-corrected chi connectivity index (χ0v) is 11.7. The lowest BCUT2D eigenvalue weighted by molar-refractivity contribution is 0.219. The summed E-state index contributed by atoms with van der Waals surface area (Å²) in [5, 5.41) is 10.3. The van der Waals surface area contributed by atoms with Crippen molar-refractivity contribution < 1.29 is 9.84 Å². The number of halogens is 1. The third kappa shape index (κ3) is 2.92. The molecule has 0 aliphatic carbocycles. The Kier molecular flexibility index (Phi) is 4.39. The predicted molar refractivity (Wildman–Crippen MR) is 75.8 cm³/mol. The number of ether oxygens (including phenoxy) is 1. The number of aliphatic hydroxyl groups is 1. The van der Waals surface area contributed by atoms with Crippen molar-refractivity contribution in [2.45, 2.75) is 13.0 Å². The quantitative estimate of drug-likeness (QED) is 0.927. The van der Waals surface area contributed by atoms with Crippen LogP contribution in [-0.4, -0.2) is 11.7 Å². The first-order valence-corrected chi connectivity index (χ1v) is 6.67. The fraction of sp³-hybridized carbons (Fsp3) is 0.200. The van der Waals surface area contributed by atoms with E-state index in [-0.39, 0.29) is 0 Å². The first-order valence-electron chi connectivity index (χ1n) is 5.87. The van der Waals surface area contributed by atoms with E-state index in [9.17, 15) is 5.11 Å². The predicted octanol–water partition coefficient (Wildman–Crippen LogP) is 3.93. The van der Waals surface area contributed by atoms with E-state index in [0.717, 1.165) is 21.3 Å². The minimum Gasteiger partial charge on any atom is -0.493 e. The third-order valence-corrected chi connectivity index (χ3v) is 3.34. The van der Waals surface area contributed by atoms with E-state index in [4.69, 9.17) is 4.74 Å². The maximum Gasteiger partial charge on any atom is 0.133 e. The smallest absolute Gasteiger partial charge is 0.133 e. The van der Waals surface area contributed by atoms with Crippen molar-refractivity contribution in [3.05, 3.63) is 64.1 Å². The summed E-state index contributed by atoms with van der Waals surface area (Å²) in [6, 6.07) is 15.2. The van der Waals surface area contributed by atoms with Gasteiger partial charge in [0, 0.05) is 0 Å². The van der Waals surface area contributed by atoms with Crippen molar-refractivity contribution in [1.29, 1.82) is 0 Å². The van der Waals surface area contributed by atoms with Crippen LogP contribution in [0.5, 0.6) is 5.75 Å². The van der Waals surface area contributed by atoms with Crippen molar-refractivity contribution in [2.24, 2.45) is 0 Å². The van der Waals surface area contributed by atoms with Gasteiger partial charge in [0.15, 0.2) is 0 Å². The Hall–Kier alpha value is -1.32. The lowest BCUT2D eigenvalue weighted by atomic mass is 10.0. The molecule has 1 atom stereocenters. The van der Waals surface area contributed by atoms with E-state index < -0.39 is 6.10 Å². The molecule has 3 heteroatoms. The van der Waals surface area contributed by atoms with Crippen LogP contribution in [0.4, 0.5) is 0 Å². The van der Waals surface area contributed by atoms with E-state index in [1.165, 1.54) is 0 Å². The molecular weight excluding hydrogens is 292 g/mol. The Bertz CT molecular complexity index is 511. The highest BCUT2D eigenvalue weighted by Gasteiger charge is 2.12. The average molecular weight is 307 g/mol. The molecule has 0 aliphatic heterocycles. The molecule has 2 aromatic carbocycles. The van der Waals surface area contributed by atoms with Gasteiger partial charge in [-0.1, -0.05) is 36.4 Å². The standard InChI is InChI=1S/C15H15BrO2/c1-2-18-14-10-12(8-9-13(14)16)15(17)11-6-4-3-5-7-11/h3-10,15,17H,2H2,1H3. The van der Waals surface area contributed by atoms with Crippen molar-refractivity contribution in [2.75, 3.05) is 6.61 Å². The summed E-state index contributed by atoms with van der Waals surface area (Å²) in [5.74, 6) is 0.755. The van der Waals surface area contributed by atoms with Gasteiger partial charge in [-0.15, -0.1) is 0 Å². The van der Waals surface area contributed by atoms with Crippen LogP contribution in [0.3, 0.4) is 0 Å². The zero-order valence-electron chi connectivity index (χ0n) is 10.1. The molecule has 18 heavy (non-hydrogen) atoms. The first-order chi connectivity index (χ1) is 8.72. The molecule has 94 valence electrons. The number of aliphatic hydroxyl groups excluding tert-OH is 1. The van der Waals surface area contributed by atoms with Gasteiger partial charge in [-0.25, -0.2) is 0 Å². The van der Waals surface area contributed by atoms with E-state index in [0.29, 0.717) is 6.61 Å². The molecule has 2 aromatic rings. The monoisotopic (exact) mass is 306 g/mol. The second kappa shape index (κ2) is 6.03. The van der Waals surface area contributed by atoms with Gasteiger partial charge in [-0.05, 0) is 46.1 Å². The Labute approximate surface area is 115 Å². The highest BCUT2D eigenvalue weighted by molar-refractivity contribution is 9.10.